The molecule has 0 aromatic heterocycles. The standard InChI is InChI=1S/C14H23NO3/c1-10(2)18-9-5-8-15-11(3)14-12(16)6-4-7-13(14)17/h4,6-7,10-11,15-17H,5,8-9H2,1-3H3. The van der Waals surface area contributed by atoms with Crippen molar-refractivity contribution in [1.29, 1.82) is 0 Å². The van der Waals surface area contributed by atoms with Crippen LogP contribution in [0.4, 0.5) is 0 Å². The molecule has 0 aliphatic rings. The molecule has 0 fully saturated rings. The van der Waals surface area contributed by atoms with Crippen LogP contribution in [0.25, 0.3) is 0 Å². The van der Waals surface area contributed by atoms with E-state index in [0.717, 1.165) is 13.0 Å². The van der Waals surface area contributed by atoms with Crippen LogP contribution in [0.1, 0.15) is 38.8 Å². The lowest BCUT2D eigenvalue weighted by atomic mass is 10.1. The average Bonchev–Trinajstić information content (AvgIpc) is 2.27. The maximum absolute atomic E-state index is 9.71. The van der Waals surface area contributed by atoms with Gasteiger partial charge in [0, 0.05) is 12.6 Å². The molecule has 0 aliphatic carbocycles. The van der Waals surface area contributed by atoms with E-state index in [1.807, 2.05) is 20.8 Å². The quantitative estimate of drug-likeness (QED) is 0.654. The van der Waals surface area contributed by atoms with Crippen molar-refractivity contribution in [3.8, 4) is 11.5 Å². The Labute approximate surface area is 109 Å². The molecule has 0 amide bonds. The molecule has 1 aromatic carbocycles. The fourth-order valence-corrected chi connectivity index (χ4v) is 1.80. The van der Waals surface area contributed by atoms with Crippen LogP contribution in [0, 0.1) is 0 Å². The lowest BCUT2D eigenvalue weighted by molar-refractivity contribution is 0.0767. The second-order valence-corrected chi connectivity index (χ2v) is 4.66. The largest absolute Gasteiger partial charge is 0.507 e. The molecule has 0 aliphatic heterocycles. The minimum atomic E-state index is -0.0924. The normalized spacial score (nSPS) is 12.9. The number of phenols is 2. The molecule has 0 spiro atoms. The predicted molar refractivity (Wildman–Crippen MR) is 71.9 cm³/mol. The molecular formula is C14H23NO3. The van der Waals surface area contributed by atoms with Crippen LogP contribution in [0.2, 0.25) is 0 Å². The lowest BCUT2D eigenvalue weighted by Gasteiger charge is -2.17. The van der Waals surface area contributed by atoms with Crippen LogP contribution >= 0.6 is 0 Å². The summed E-state index contributed by atoms with van der Waals surface area (Å²) < 4.78 is 5.44. The van der Waals surface area contributed by atoms with E-state index in [9.17, 15) is 10.2 Å². The van der Waals surface area contributed by atoms with Gasteiger partial charge < -0.3 is 20.3 Å². The van der Waals surface area contributed by atoms with Crippen LogP contribution in [-0.2, 0) is 4.74 Å². The van der Waals surface area contributed by atoms with Crippen molar-refractivity contribution >= 4 is 0 Å². The fraction of sp³-hybridized carbons (Fsp3) is 0.571. The highest BCUT2D eigenvalue weighted by Gasteiger charge is 2.13. The van der Waals surface area contributed by atoms with Gasteiger partial charge in [0.25, 0.3) is 0 Å². The van der Waals surface area contributed by atoms with E-state index in [0.29, 0.717) is 12.2 Å². The molecule has 0 bridgehead atoms. The van der Waals surface area contributed by atoms with Gasteiger partial charge in [-0.2, -0.15) is 0 Å². The first-order valence-electron chi connectivity index (χ1n) is 6.38. The van der Waals surface area contributed by atoms with Crippen molar-refractivity contribution in [3.05, 3.63) is 23.8 Å². The molecule has 3 N–H and O–H groups in total. The van der Waals surface area contributed by atoms with Gasteiger partial charge in [0.1, 0.15) is 11.5 Å². The van der Waals surface area contributed by atoms with E-state index in [1.165, 1.54) is 0 Å². The third-order valence-corrected chi connectivity index (χ3v) is 2.72. The summed E-state index contributed by atoms with van der Waals surface area (Å²) in [7, 11) is 0. The molecule has 1 aromatic rings. The van der Waals surface area contributed by atoms with Gasteiger partial charge >= 0.3 is 0 Å². The highest BCUT2D eigenvalue weighted by atomic mass is 16.5. The second kappa shape index (κ2) is 7.24. The number of ether oxygens (including phenoxy) is 1. The number of phenolic OH excluding ortho intramolecular Hbond substituents is 2. The number of hydrogen-bond acceptors (Lipinski definition) is 4. The maximum Gasteiger partial charge on any atom is 0.124 e. The van der Waals surface area contributed by atoms with Crippen LogP contribution in [0.3, 0.4) is 0 Å². The SMILES string of the molecule is CC(C)OCCCNC(C)c1c(O)cccc1O. The van der Waals surface area contributed by atoms with Crippen molar-refractivity contribution < 1.29 is 14.9 Å². The van der Waals surface area contributed by atoms with Crippen LogP contribution < -0.4 is 5.32 Å². The number of benzene rings is 1. The van der Waals surface area contributed by atoms with Gasteiger partial charge in [-0.15, -0.1) is 0 Å². The Morgan fingerprint density at radius 3 is 2.33 bits per heavy atom. The maximum atomic E-state index is 9.71. The van der Waals surface area contributed by atoms with Crippen LogP contribution in [-0.4, -0.2) is 29.5 Å². The minimum absolute atomic E-state index is 0.0924. The van der Waals surface area contributed by atoms with E-state index >= 15 is 0 Å². The first kappa shape index (κ1) is 14.8. The molecule has 0 heterocycles. The first-order chi connectivity index (χ1) is 8.52. The first-order valence-corrected chi connectivity index (χ1v) is 6.38. The second-order valence-electron chi connectivity index (χ2n) is 4.66. The van der Waals surface area contributed by atoms with E-state index < -0.39 is 0 Å². The number of rotatable bonds is 7. The van der Waals surface area contributed by atoms with Crippen molar-refractivity contribution in [2.24, 2.45) is 0 Å². The number of aromatic hydroxyl groups is 2. The molecule has 18 heavy (non-hydrogen) atoms. The summed E-state index contributed by atoms with van der Waals surface area (Å²) in [5, 5.41) is 22.7. The van der Waals surface area contributed by atoms with Gasteiger partial charge in [-0.25, -0.2) is 0 Å². The highest BCUT2D eigenvalue weighted by molar-refractivity contribution is 5.44. The molecule has 1 unspecified atom stereocenters. The van der Waals surface area contributed by atoms with Crippen molar-refractivity contribution in [3.63, 3.8) is 0 Å². The zero-order valence-corrected chi connectivity index (χ0v) is 11.3. The summed E-state index contributed by atoms with van der Waals surface area (Å²) in [5.41, 5.74) is 0.544. The Morgan fingerprint density at radius 1 is 1.17 bits per heavy atom. The molecule has 4 nitrogen and oxygen atoms in total. The Balaban J connectivity index is 2.39. The summed E-state index contributed by atoms with van der Waals surface area (Å²) in [4.78, 5) is 0. The van der Waals surface area contributed by atoms with E-state index in [-0.39, 0.29) is 23.6 Å². The van der Waals surface area contributed by atoms with Crippen molar-refractivity contribution in [2.45, 2.75) is 39.3 Å². The Hall–Kier alpha value is -1.26. The molecule has 1 atom stereocenters. The van der Waals surface area contributed by atoms with Gasteiger partial charge in [0.15, 0.2) is 0 Å². The summed E-state index contributed by atoms with van der Waals surface area (Å²) in [5.74, 6) is 0.238. The third kappa shape index (κ3) is 4.55. The molecule has 102 valence electrons. The predicted octanol–water partition coefficient (Wildman–Crippen LogP) is 2.56. The molecule has 1 rings (SSSR count). The lowest BCUT2D eigenvalue weighted by Crippen LogP contribution is -2.21. The van der Waals surface area contributed by atoms with Gasteiger partial charge in [-0.3, -0.25) is 0 Å². The van der Waals surface area contributed by atoms with Gasteiger partial charge in [0.2, 0.25) is 0 Å². The average molecular weight is 253 g/mol. The topological polar surface area (TPSA) is 61.7 Å². The Morgan fingerprint density at radius 2 is 1.78 bits per heavy atom. The number of hydrogen-bond donors (Lipinski definition) is 3. The Kier molecular flexibility index (Phi) is 5.95. The Bertz CT molecular complexity index is 346. The zero-order valence-electron chi connectivity index (χ0n) is 11.3. The third-order valence-electron chi connectivity index (χ3n) is 2.72. The van der Waals surface area contributed by atoms with Gasteiger partial charge in [-0.05, 0) is 45.9 Å². The zero-order chi connectivity index (χ0) is 13.5. The van der Waals surface area contributed by atoms with Gasteiger partial charge in [0.05, 0.1) is 11.7 Å². The smallest absolute Gasteiger partial charge is 0.124 e. The summed E-state index contributed by atoms with van der Waals surface area (Å²) in [6, 6.07) is 4.69. The van der Waals surface area contributed by atoms with Crippen LogP contribution in [0.15, 0.2) is 18.2 Å². The summed E-state index contributed by atoms with van der Waals surface area (Å²) >= 11 is 0. The van der Waals surface area contributed by atoms with E-state index in [2.05, 4.69) is 5.32 Å². The van der Waals surface area contributed by atoms with Gasteiger partial charge in [-0.1, -0.05) is 6.07 Å². The summed E-state index contributed by atoms with van der Waals surface area (Å²) in [6.07, 6.45) is 1.15. The molecular weight excluding hydrogens is 230 g/mol. The highest BCUT2D eigenvalue weighted by Crippen LogP contribution is 2.31. The molecule has 0 radical (unpaired) electrons. The molecule has 4 heteroatoms. The minimum Gasteiger partial charge on any atom is -0.507 e. The van der Waals surface area contributed by atoms with Crippen molar-refractivity contribution in [1.82, 2.24) is 5.32 Å². The van der Waals surface area contributed by atoms with Crippen molar-refractivity contribution in [2.75, 3.05) is 13.2 Å². The number of nitrogens with one attached hydrogen (secondary N) is 1. The molecule has 0 saturated heterocycles. The van der Waals surface area contributed by atoms with E-state index in [4.69, 9.17) is 4.74 Å². The fourth-order valence-electron chi connectivity index (χ4n) is 1.80. The van der Waals surface area contributed by atoms with Crippen LogP contribution in [0.5, 0.6) is 11.5 Å². The molecule has 0 saturated carbocycles. The monoisotopic (exact) mass is 253 g/mol. The summed E-state index contributed by atoms with van der Waals surface area (Å²) in [6.45, 7) is 7.43. The van der Waals surface area contributed by atoms with E-state index in [1.54, 1.807) is 18.2 Å².